The summed E-state index contributed by atoms with van der Waals surface area (Å²) in [4.78, 5) is 2.48. The minimum absolute atomic E-state index is 0.113. The molecule has 9 aromatic carbocycles. The SMILES string of the molecule is CC1(C)c2ccccc2-c2c(N(c3ccc(-c4cc5ccccc5c5ccccc45)cc3)c3ccc4c5ccccc5n(-c5ccccc5)c4c3)cccc21. The molecule has 0 N–H and O–H groups in total. The van der Waals surface area contributed by atoms with E-state index >= 15 is 0 Å². The fourth-order valence-electron chi connectivity index (χ4n) is 9.39. The van der Waals surface area contributed by atoms with E-state index in [1.54, 1.807) is 0 Å². The van der Waals surface area contributed by atoms with Gasteiger partial charge in [-0.25, -0.2) is 0 Å². The lowest BCUT2D eigenvalue weighted by Crippen LogP contribution is -2.16. The van der Waals surface area contributed by atoms with E-state index in [-0.39, 0.29) is 5.41 Å². The number of aromatic nitrogens is 1. The molecule has 11 rings (SSSR count). The second-order valence-electron chi connectivity index (χ2n) is 15.3. The smallest absolute Gasteiger partial charge is 0.0561 e. The van der Waals surface area contributed by atoms with Crippen LogP contribution >= 0.6 is 0 Å². The van der Waals surface area contributed by atoms with Gasteiger partial charge in [0.25, 0.3) is 0 Å². The van der Waals surface area contributed by atoms with Crippen molar-refractivity contribution in [2.24, 2.45) is 0 Å². The highest BCUT2D eigenvalue weighted by atomic mass is 15.1. The van der Waals surface area contributed by atoms with Gasteiger partial charge in [0.2, 0.25) is 0 Å². The number of para-hydroxylation sites is 2. The maximum atomic E-state index is 2.48. The van der Waals surface area contributed by atoms with Gasteiger partial charge in [0.15, 0.2) is 0 Å². The first-order valence-electron chi connectivity index (χ1n) is 19.2. The number of hydrogen-bond acceptors (Lipinski definition) is 1. The number of anilines is 3. The van der Waals surface area contributed by atoms with E-state index in [1.165, 1.54) is 82.4 Å². The molecule has 0 atom stereocenters. The molecule has 260 valence electrons. The standard InChI is InChI=1S/C53H38N2/c1-53(2)47-23-12-10-22-45(47)52-48(53)24-14-26-50(52)54(39-31-32-44-43-21-11-13-25-49(43)55(51(44)34-39)37-16-4-3-5-17-37)38-29-27-35(28-30-38)46-33-36-15-6-7-18-40(36)41-19-8-9-20-42(41)46/h3-34H,1-2H3. The van der Waals surface area contributed by atoms with E-state index < -0.39 is 0 Å². The third-order valence-electron chi connectivity index (χ3n) is 12.0. The molecule has 0 saturated carbocycles. The Kier molecular flexibility index (Phi) is 6.93. The molecule has 55 heavy (non-hydrogen) atoms. The van der Waals surface area contributed by atoms with E-state index in [0.29, 0.717) is 0 Å². The van der Waals surface area contributed by atoms with Gasteiger partial charge in [-0.15, -0.1) is 0 Å². The van der Waals surface area contributed by atoms with Gasteiger partial charge >= 0.3 is 0 Å². The summed E-state index contributed by atoms with van der Waals surface area (Å²) in [6.45, 7) is 4.72. The van der Waals surface area contributed by atoms with Crippen LogP contribution in [0, 0.1) is 0 Å². The van der Waals surface area contributed by atoms with Gasteiger partial charge in [0.05, 0.1) is 16.7 Å². The molecular formula is C53H38N2. The minimum atomic E-state index is -0.113. The van der Waals surface area contributed by atoms with Crippen molar-refractivity contribution in [1.29, 1.82) is 0 Å². The zero-order chi connectivity index (χ0) is 36.7. The van der Waals surface area contributed by atoms with Crippen LogP contribution in [0.4, 0.5) is 17.1 Å². The first-order valence-corrected chi connectivity index (χ1v) is 19.2. The van der Waals surface area contributed by atoms with Gasteiger partial charge in [-0.1, -0.05) is 153 Å². The quantitative estimate of drug-likeness (QED) is 0.162. The average molecular weight is 703 g/mol. The molecule has 1 aliphatic rings. The molecule has 0 amide bonds. The molecule has 0 radical (unpaired) electrons. The predicted molar refractivity (Wildman–Crippen MR) is 233 cm³/mol. The molecule has 1 aromatic heterocycles. The first-order chi connectivity index (χ1) is 27.1. The number of rotatable bonds is 5. The maximum absolute atomic E-state index is 2.48. The monoisotopic (exact) mass is 702 g/mol. The topological polar surface area (TPSA) is 8.17 Å². The predicted octanol–water partition coefficient (Wildman–Crippen LogP) is 14.5. The highest BCUT2D eigenvalue weighted by Crippen LogP contribution is 2.54. The van der Waals surface area contributed by atoms with Crippen LogP contribution in [0.1, 0.15) is 25.0 Å². The Bertz CT molecular complexity index is 3110. The van der Waals surface area contributed by atoms with E-state index in [9.17, 15) is 0 Å². The molecule has 0 unspecified atom stereocenters. The summed E-state index contributed by atoms with van der Waals surface area (Å²) in [5, 5.41) is 7.59. The summed E-state index contributed by atoms with van der Waals surface area (Å²) in [7, 11) is 0. The molecule has 0 bridgehead atoms. The summed E-state index contributed by atoms with van der Waals surface area (Å²) in [6, 6.07) is 71.4. The van der Waals surface area contributed by atoms with Crippen molar-refractivity contribution in [2.45, 2.75) is 19.3 Å². The number of benzene rings is 9. The Morgan fingerprint density at radius 3 is 1.89 bits per heavy atom. The fourth-order valence-corrected chi connectivity index (χ4v) is 9.39. The Morgan fingerprint density at radius 1 is 0.418 bits per heavy atom. The van der Waals surface area contributed by atoms with E-state index in [2.05, 4.69) is 217 Å². The van der Waals surface area contributed by atoms with Crippen LogP contribution in [0.5, 0.6) is 0 Å². The lowest BCUT2D eigenvalue weighted by atomic mass is 9.82. The zero-order valence-electron chi connectivity index (χ0n) is 30.9. The van der Waals surface area contributed by atoms with E-state index in [1.807, 2.05) is 0 Å². The Balaban J connectivity index is 1.15. The van der Waals surface area contributed by atoms with Crippen molar-refractivity contribution in [2.75, 3.05) is 4.90 Å². The molecule has 1 heterocycles. The van der Waals surface area contributed by atoms with E-state index in [0.717, 1.165) is 17.1 Å². The molecule has 1 aliphatic carbocycles. The Morgan fingerprint density at radius 2 is 1.05 bits per heavy atom. The fraction of sp³-hybridized carbons (Fsp3) is 0.0566. The zero-order valence-corrected chi connectivity index (χ0v) is 30.9. The summed E-state index contributed by atoms with van der Waals surface area (Å²) in [5.74, 6) is 0. The Labute approximate surface area is 321 Å². The molecule has 2 nitrogen and oxygen atoms in total. The van der Waals surface area contributed by atoms with Crippen LogP contribution in [-0.4, -0.2) is 4.57 Å². The molecule has 0 fully saturated rings. The van der Waals surface area contributed by atoms with Gasteiger partial charge in [0, 0.05) is 38.8 Å². The largest absolute Gasteiger partial charge is 0.310 e. The highest BCUT2D eigenvalue weighted by molar-refractivity contribution is 6.14. The first kappa shape index (κ1) is 31.6. The lowest BCUT2D eigenvalue weighted by molar-refractivity contribution is 0.660. The van der Waals surface area contributed by atoms with Crippen molar-refractivity contribution in [3.05, 3.63) is 205 Å². The van der Waals surface area contributed by atoms with Crippen LogP contribution in [0.3, 0.4) is 0 Å². The second kappa shape index (κ2) is 12.1. The van der Waals surface area contributed by atoms with Crippen LogP contribution in [0.2, 0.25) is 0 Å². The molecule has 2 heteroatoms. The number of nitrogens with zero attached hydrogens (tertiary/aromatic N) is 2. The van der Waals surface area contributed by atoms with Crippen molar-refractivity contribution in [1.82, 2.24) is 4.57 Å². The second-order valence-corrected chi connectivity index (χ2v) is 15.3. The minimum Gasteiger partial charge on any atom is -0.310 e. The maximum Gasteiger partial charge on any atom is 0.0561 e. The van der Waals surface area contributed by atoms with Gasteiger partial charge in [-0.05, 0) is 104 Å². The Hall–Kier alpha value is -6.90. The van der Waals surface area contributed by atoms with Crippen LogP contribution < -0.4 is 4.90 Å². The lowest BCUT2D eigenvalue weighted by Gasteiger charge is -2.29. The molecule has 0 aliphatic heterocycles. The summed E-state index contributed by atoms with van der Waals surface area (Å²) < 4.78 is 2.41. The van der Waals surface area contributed by atoms with Crippen molar-refractivity contribution >= 4 is 60.4 Å². The van der Waals surface area contributed by atoms with E-state index in [4.69, 9.17) is 0 Å². The van der Waals surface area contributed by atoms with Crippen LogP contribution in [0.25, 0.3) is 71.3 Å². The molecule has 0 saturated heterocycles. The average Bonchev–Trinajstić information content (AvgIpc) is 3.69. The van der Waals surface area contributed by atoms with Gasteiger partial charge in [0.1, 0.15) is 0 Å². The van der Waals surface area contributed by atoms with Crippen molar-refractivity contribution in [3.8, 4) is 27.9 Å². The van der Waals surface area contributed by atoms with Crippen molar-refractivity contribution in [3.63, 3.8) is 0 Å². The third kappa shape index (κ3) is 4.74. The molecule has 0 spiro atoms. The third-order valence-corrected chi connectivity index (χ3v) is 12.0. The summed E-state index contributed by atoms with van der Waals surface area (Å²) in [5.41, 5.74) is 14.6. The van der Waals surface area contributed by atoms with Gasteiger partial charge < -0.3 is 9.47 Å². The molecular weight excluding hydrogens is 665 g/mol. The normalized spacial score (nSPS) is 13.1. The van der Waals surface area contributed by atoms with Gasteiger partial charge in [-0.3, -0.25) is 0 Å². The highest BCUT2D eigenvalue weighted by Gasteiger charge is 2.37. The van der Waals surface area contributed by atoms with Gasteiger partial charge in [-0.2, -0.15) is 0 Å². The van der Waals surface area contributed by atoms with Crippen molar-refractivity contribution < 1.29 is 0 Å². The van der Waals surface area contributed by atoms with Crippen LogP contribution in [0.15, 0.2) is 194 Å². The van der Waals surface area contributed by atoms with Crippen LogP contribution in [-0.2, 0) is 5.41 Å². The number of fused-ring (bicyclic) bond motifs is 9. The molecule has 10 aromatic rings. The number of hydrogen-bond donors (Lipinski definition) is 0. The summed E-state index contributed by atoms with van der Waals surface area (Å²) >= 11 is 0. The summed E-state index contributed by atoms with van der Waals surface area (Å²) in [6.07, 6.45) is 0.